The molecule has 0 atom stereocenters. The number of hydrogen-bond donors (Lipinski definition) is 0. The first kappa shape index (κ1) is 17.3. The number of benzene rings is 7. The highest BCUT2D eigenvalue weighted by atomic mass is 15.1. The molecule has 0 radical (unpaired) electrons. The number of hydrogen-bond acceptors (Lipinski definition) is 1. The van der Waals surface area contributed by atoms with Gasteiger partial charge in [-0.1, -0.05) is 133 Å². The van der Waals surface area contributed by atoms with E-state index in [-0.39, 0.29) is 58.8 Å². The molecule has 0 aliphatic rings. The van der Waals surface area contributed by atoms with Crippen molar-refractivity contribution in [3.63, 3.8) is 0 Å². The van der Waals surface area contributed by atoms with E-state index in [1.165, 1.54) is 4.90 Å². The number of fused-ring (bicyclic) bond motifs is 1. The van der Waals surface area contributed by atoms with Gasteiger partial charge in [0.2, 0.25) is 0 Å². The first-order valence-corrected chi connectivity index (χ1v) is 13.4. The molecule has 0 aliphatic carbocycles. The first-order valence-electron chi connectivity index (χ1n) is 17.4. The van der Waals surface area contributed by atoms with E-state index in [1.807, 2.05) is 84.9 Å². The van der Waals surface area contributed by atoms with Gasteiger partial charge < -0.3 is 4.90 Å². The molecule has 0 saturated carbocycles. The van der Waals surface area contributed by atoms with Crippen LogP contribution in [-0.2, 0) is 0 Å². The van der Waals surface area contributed by atoms with Gasteiger partial charge in [-0.25, -0.2) is 0 Å². The fourth-order valence-electron chi connectivity index (χ4n) is 4.91. The van der Waals surface area contributed by atoms with Crippen LogP contribution in [0.3, 0.4) is 0 Å². The zero-order valence-electron chi connectivity index (χ0n) is 30.1. The number of anilines is 3. The lowest BCUT2D eigenvalue weighted by atomic mass is 10.00. The van der Waals surface area contributed by atoms with Crippen molar-refractivity contribution in [3.8, 4) is 33.4 Å². The Labute approximate surface area is 252 Å². The van der Waals surface area contributed by atoms with E-state index < -0.39 is 12.1 Å². The molecule has 0 unspecified atom stereocenters. The van der Waals surface area contributed by atoms with Gasteiger partial charge in [-0.2, -0.15) is 0 Å². The molecule has 0 spiro atoms. The zero-order chi connectivity index (χ0) is 34.4. The second-order valence-electron chi connectivity index (χ2n) is 9.62. The molecule has 0 amide bonds. The molecule has 194 valence electrons. The summed E-state index contributed by atoms with van der Waals surface area (Å²) in [7, 11) is 0. The van der Waals surface area contributed by atoms with E-state index in [1.54, 1.807) is 42.5 Å². The standard InChI is InChI=1S/C40H29N/c1-3-10-30(11-4-1)33-20-24-38(25-21-33)41(39-26-22-34(23-27-39)31-12-5-2-6-13-31)40-17-9-16-36(29-40)37-19-18-32-14-7-8-15-35(32)28-37/h1-29H/i9D,16D,17D,20D,21D,24D,25D,29D. The monoisotopic (exact) mass is 531 g/mol. The lowest BCUT2D eigenvalue weighted by Gasteiger charge is -2.26. The van der Waals surface area contributed by atoms with Crippen LogP contribution >= 0.6 is 0 Å². The summed E-state index contributed by atoms with van der Waals surface area (Å²) in [4.78, 5) is 1.37. The fourth-order valence-corrected chi connectivity index (χ4v) is 4.91. The van der Waals surface area contributed by atoms with Crippen LogP contribution in [0.2, 0.25) is 0 Å². The topological polar surface area (TPSA) is 3.24 Å². The largest absolute Gasteiger partial charge is 0.310 e. The Kier molecular flexibility index (Phi) is 4.65. The van der Waals surface area contributed by atoms with Crippen LogP contribution in [-0.4, -0.2) is 0 Å². The third kappa shape index (κ3) is 5.14. The molecular formula is C40H29N. The van der Waals surface area contributed by atoms with E-state index in [4.69, 9.17) is 6.85 Å². The summed E-state index contributed by atoms with van der Waals surface area (Å²) in [5.41, 5.74) is 3.25. The van der Waals surface area contributed by atoms with Gasteiger partial charge in [-0.05, 0) is 86.5 Å². The van der Waals surface area contributed by atoms with Gasteiger partial charge in [-0.15, -0.1) is 0 Å². The van der Waals surface area contributed by atoms with Gasteiger partial charge >= 0.3 is 0 Å². The van der Waals surface area contributed by atoms with Crippen LogP contribution in [0.25, 0.3) is 44.2 Å². The maximum Gasteiger partial charge on any atom is 0.0651 e. The summed E-state index contributed by atoms with van der Waals surface area (Å²) in [6, 6.07) is 36.3. The molecule has 1 heteroatoms. The molecule has 0 N–H and O–H groups in total. The Hall–Kier alpha value is -5.40. The van der Waals surface area contributed by atoms with Crippen LogP contribution < -0.4 is 4.90 Å². The number of rotatable bonds is 6. The summed E-state index contributed by atoms with van der Waals surface area (Å²) in [6.45, 7) is 0. The van der Waals surface area contributed by atoms with Gasteiger partial charge in [0, 0.05) is 17.1 Å². The summed E-state index contributed by atoms with van der Waals surface area (Å²) < 4.78 is 72.9. The second-order valence-corrected chi connectivity index (χ2v) is 9.62. The van der Waals surface area contributed by atoms with Crippen LogP contribution in [0.15, 0.2) is 176 Å². The highest BCUT2D eigenvalue weighted by Crippen LogP contribution is 2.38. The highest BCUT2D eigenvalue weighted by Gasteiger charge is 2.14. The molecule has 1 nitrogen and oxygen atoms in total. The molecule has 7 aromatic carbocycles. The Balaban J connectivity index is 1.52. The quantitative estimate of drug-likeness (QED) is 0.206. The third-order valence-electron chi connectivity index (χ3n) is 7.00. The van der Waals surface area contributed by atoms with Crippen molar-refractivity contribution in [1.82, 2.24) is 0 Å². The predicted molar refractivity (Wildman–Crippen MR) is 175 cm³/mol. The summed E-state index contributed by atoms with van der Waals surface area (Å²) in [5, 5.41) is 1.85. The Morgan fingerprint density at radius 1 is 0.366 bits per heavy atom. The molecule has 0 heterocycles. The van der Waals surface area contributed by atoms with Crippen LogP contribution in [0.5, 0.6) is 0 Å². The van der Waals surface area contributed by atoms with Crippen molar-refractivity contribution in [1.29, 1.82) is 0 Å². The summed E-state index contributed by atoms with van der Waals surface area (Å²) in [5.74, 6) is 0. The lowest BCUT2D eigenvalue weighted by molar-refractivity contribution is 1.28. The third-order valence-corrected chi connectivity index (χ3v) is 7.00. The molecule has 7 rings (SSSR count). The van der Waals surface area contributed by atoms with Gasteiger partial charge in [0.25, 0.3) is 0 Å². The summed E-state index contributed by atoms with van der Waals surface area (Å²) >= 11 is 0. The van der Waals surface area contributed by atoms with E-state index in [0.29, 0.717) is 16.8 Å². The van der Waals surface area contributed by atoms with E-state index >= 15 is 0 Å². The maximum atomic E-state index is 9.52. The zero-order valence-corrected chi connectivity index (χ0v) is 22.1. The number of nitrogens with zero attached hydrogens (tertiary/aromatic N) is 1. The van der Waals surface area contributed by atoms with Crippen molar-refractivity contribution in [2.75, 3.05) is 4.90 Å². The van der Waals surface area contributed by atoms with Gasteiger partial charge in [-0.3, -0.25) is 0 Å². The van der Waals surface area contributed by atoms with Crippen LogP contribution in [0, 0.1) is 0 Å². The molecule has 0 fully saturated rings. The van der Waals surface area contributed by atoms with E-state index in [2.05, 4.69) is 0 Å². The molecular weight excluding hydrogens is 494 g/mol. The minimum Gasteiger partial charge on any atom is -0.310 e. The molecule has 0 saturated heterocycles. The van der Waals surface area contributed by atoms with Gasteiger partial charge in [0.15, 0.2) is 0 Å². The molecule has 7 aromatic rings. The molecule has 41 heavy (non-hydrogen) atoms. The van der Waals surface area contributed by atoms with Crippen molar-refractivity contribution in [2.24, 2.45) is 0 Å². The fraction of sp³-hybridized carbons (Fsp3) is 0. The maximum absolute atomic E-state index is 9.52. The Morgan fingerprint density at radius 2 is 0.951 bits per heavy atom. The Morgan fingerprint density at radius 3 is 1.66 bits per heavy atom. The smallest absolute Gasteiger partial charge is 0.0651 e. The van der Waals surface area contributed by atoms with Crippen molar-refractivity contribution in [2.45, 2.75) is 0 Å². The van der Waals surface area contributed by atoms with Gasteiger partial charge in [0.1, 0.15) is 0 Å². The minimum atomic E-state index is -0.435. The van der Waals surface area contributed by atoms with E-state index in [0.717, 1.165) is 21.9 Å². The van der Waals surface area contributed by atoms with Crippen LogP contribution in [0.1, 0.15) is 11.0 Å². The molecule has 0 bridgehead atoms. The average Bonchev–Trinajstić information content (AvgIpc) is 3.13. The van der Waals surface area contributed by atoms with Crippen molar-refractivity contribution < 1.29 is 11.0 Å². The van der Waals surface area contributed by atoms with E-state index in [9.17, 15) is 4.11 Å². The van der Waals surface area contributed by atoms with Gasteiger partial charge in [0.05, 0.1) is 11.0 Å². The molecule has 0 aromatic heterocycles. The Bertz CT molecular complexity index is 2330. The second kappa shape index (κ2) is 11.0. The summed E-state index contributed by atoms with van der Waals surface area (Å²) in [6.07, 6.45) is 0. The predicted octanol–water partition coefficient (Wildman–Crippen LogP) is 11.3. The normalized spacial score (nSPS) is 13.7. The average molecular weight is 532 g/mol. The highest BCUT2D eigenvalue weighted by molar-refractivity contribution is 5.88. The minimum absolute atomic E-state index is 0.120. The van der Waals surface area contributed by atoms with Crippen molar-refractivity contribution in [3.05, 3.63) is 176 Å². The lowest BCUT2D eigenvalue weighted by Crippen LogP contribution is -2.10. The SMILES string of the molecule is [2H]c1c([2H])c(-c2ccc3ccccc3c2)c([2H])c(N(c2ccc(-c3ccccc3)cc2)c2c([2H])c([2H])c(-c3ccccc3)c([2H])c2[2H])c1[2H]. The van der Waals surface area contributed by atoms with Crippen molar-refractivity contribution >= 4 is 27.8 Å². The first-order chi connectivity index (χ1) is 23.7. The molecule has 0 aliphatic heterocycles. The van der Waals surface area contributed by atoms with Crippen LogP contribution in [0.4, 0.5) is 17.1 Å².